The van der Waals surface area contributed by atoms with Gasteiger partial charge in [-0.05, 0) is 30.7 Å². The van der Waals surface area contributed by atoms with Gasteiger partial charge in [-0.3, -0.25) is 0 Å². The topological polar surface area (TPSA) is 64.3 Å². The van der Waals surface area contributed by atoms with Crippen LogP contribution in [0.1, 0.15) is 12.5 Å². The molecule has 0 atom stereocenters. The number of anilines is 1. The van der Waals surface area contributed by atoms with Gasteiger partial charge >= 0.3 is 5.97 Å². The number of hydrogen-bond donors (Lipinski definition) is 1. The summed E-state index contributed by atoms with van der Waals surface area (Å²) >= 11 is 0. The van der Waals surface area contributed by atoms with Crippen LogP contribution in [0.15, 0.2) is 29.8 Å². The SMILES string of the molecule is C#CCN(CC)c1ccc(C=C(C#N)C(=O)O)cc1. The predicted octanol–water partition coefficient (Wildman–Crippen LogP) is 2.14. The third kappa shape index (κ3) is 3.90. The van der Waals surface area contributed by atoms with Gasteiger partial charge in [0.25, 0.3) is 0 Å². The van der Waals surface area contributed by atoms with Gasteiger partial charge < -0.3 is 10.0 Å². The largest absolute Gasteiger partial charge is 0.477 e. The normalized spacial score (nSPS) is 10.4. The van der Waals surface area contributed by atoms with Crippen LogP contribution in [0.4, 0.5) is 5.69 Å². The molecule has 0 amide bonds. The van der Waals surface area contributed by atoms with Crippen LogP contribution < -0.4 is 4.90 Å². The molecule has 0 saturated carbocycles. The Kier molecular flexibility index (Phi) is 5.19. The van der Waals surface area contributed by atoms with Crippen molar-refractivity contribution in [3.63, 3.8) is 0 Å². The summed E-state index contributed by atoms with van der Waals surface area (Å²) in [7, 11) is 0. The summed E-state index contributed by atoms with van der Waals surface area (Å²) in [4.78, 5) is 12.7. The molecule has 0 aliphatic rings. The first-order valence-corrected chi connectivity index (χ1v) is 5.76. The fraction of sp³-hybridized carbons (Fsp3) is 0.200. The minimum absolute atomic E-state index is 0.288. The minimum Gasteiger partial charge on any atom is -0.477 e. The Balaban J connectivity index is 2.97. The number of hydrogen-bond acceptors (Lipinski definition) is 3. The van der Waals surface area contributed by atoms with Gasteiger partial charge in [-0.15, -0.1) is 6.42 Å². The first-order chi connectivity index (χ1) is 9.12. The van der Waals surface area contributed by atoms with Crippen LogP contribution in [0.25, 0.3) is 6.08 Å². The third-order valence-corrected chi connectivity index (χ3v) is 2.58. The van der Waals surface area contributed by atoms with Gasteiger partial charge in [0, 0.05) is 12.2 Å². The maximum absolute atomic E-state index is 10.7. The van der Waals surface area contributed by atoms with E-state index in [4.69, 9.17) is 16.8 Å². The Morgan fingerprint density at radius 3 is 2.53 bits per heavy atom. The Bertz CT molecular complexity index is 559. The number of aliphatic carboxylic acids is 1. The second kappa shape index (κ2) is 6.88. The number of terminal acetylenes is 1. The van der Waals surface area contributed by atoms with Crippen molar-refractivity contribution in [2.75, 3.05) is 18.0 Å². The number of rotatable bonds is 5. The van der Waals surface area contributed by atoms with Crippen LogP contribution in [0.3, 0.4) is 0 Å². The lowest BCUT2D eigenvalue weighted by Gasteiger charge is -2.20. The highest BCUT2D eigenvalue weighted by atomic mass is 16.4. The first kappa shape index (κ1) is 14.3. The monoisotopic (exact) mass is 254 g/mol. The quantitative estimate of drug-likeness (QED) is 0.496. The summed E-state index contributed by atoms with van der Waals surface area (Å²) in [5, 5.41) is 17.4. The summed E-state index contributed by atoms with van der Waals surface area (Å²) < 4.78 is 0. The van der Waals surface area contributed by atoms with Crippen molar-refractivity contribution in [2.45, 2.75) is 6.92 Å². The maximum atomic E-state index is 10.7. The molecule has 1 rings (SSSR count). The molecule has 4 nitrogen and oxygen atoms in total. The van der Waals surface area contributed by atoms with Gasteiger partial charge in [0.15, 0.2) is 0 Å². The molecule has 0 aliphatic carbocycles. The van der Waals surface area contributed by atoms with Gasteiger partial charge in [-0.1, -0.05) is 18.1 Å². The Hall–Kier alpha value is -2.72. The first-order valence-electron chi connectivity index (χ1n) is 5.76. The van der Waals surface area contributed by atoms with E-state index in [0.29, 0.717) is 12.1 Å². The fourth-order valence-electron chi connectivity index (χ4n) is 1.59. The highest BCUT2D eigenvalue weighted by Gasteiger charge is 2.06. The maximum Gasteiger partial charge on any atom is 0.346 e. The summed E-state index contributed by atoms with van der Waals surface area (Å²) in [6, 6.07) is 8.86. The van der Waals surface area contributed by atoms with Crippen molar-refractivity contribution in [1.29, 1.82) is 5.26 Å². The molecule has 96 valence electrons. The molecule has 0 aromatic heterocycles. The number of carboxylic acids is 1. The summed E-state index contributed by atoms with van der Waals surface area (Å²) in [5.41, 5.74) is 1.34. The van der Waals surface area contributed by atoms with Crippen molar-refractivity contribution in [2.24, 2.45) is 0 Å². The molecule has 1 aromatic rings. The average molecular weight is 254 g/mol. The Labute approximate surface area is 112 Å². The molecule has 0 fully saturated rings. The molecule has 4 heteroatoms. The van der Waals surface area contributed by atoms with Crippen LogP contribution in [0.2, 0.25) is 0 Å². The van der Waals surface area contributed by atoms with Gasteiger partial charge in [0.05, 0.1) is 6.54 Å². The molecule has 1 N–H and O–H groups in total. The molecule has 1 aromatic carbocycles. The second-order valence-corrected chi connectivity index (χ2v) is 3.78. The van der Waals surface area contributed by atoms with Crippen molar-refractivity contribution >= 4 is 17.7 Å². The summed E-state index contributed by atoms with van der Waals surface area (Å²) in [5.74, 6) is 1.35. The van der Waals surface area contributed by atoms with Crippen molar-refractivity contribution in [3.05, 3.63) is 35.4 Å². The van der Waals surface area contributed by atoms with Gasteiger partial charge in [-0.2, -0.15) is 5.26 Å². The molecule has 0 unspecified atom stereocenters. The highest BCUT2D eigenvalue weighted by molar-refractivity contribution is 5.96. The Morgan fingerprint density at radius 1 is 1.47 bits per heavy atom. The number of nitriles is 1. The molecular weight excluding hydrogens is 240 g/mol. The molecule has 0 radical (unpaired) electrons. The van der Waals surface area contributed by atoms with Gasteiger partial charge in [0.1, 0.15) is 11.6 Å². The van der Waals surface area contributed by atoms with E-state index in [-0.39, 0.29) is 5.57 Å². The van der Waals surface area contributed by atoms with Crippen molar-refractivity contribution in [1.82, 2.24) is 0 Å². The lowest BCUT2D eigenvalue weighted by molar-refractivity contribution is -0.132. The fourth-order valence-corrected chi connectivity index (χ4v) is 1.59. The van der Waals surface area contributed by atoms with Crippen molar-refractivity contribution in [3.8, 4) is 18.4 Å². The van der Waals surface area contributed by atoms with E-state index in [0.717, 1.165) is 12.2 Å². The summed E-state index contributed by atoms with van der Waals surface area (Å²) in [6.07, 6.45) is 6.62. The minimum atomic E-state index is -1.23. The van der Waals surface area contributed by atoms with E-state index >= 15 is 0 Å². The average Bonchev–Trinajstić information content (AvgIpc) is 2.42. The lowest BCUT2D eigenvalue weighted by Crippen LogP contribution is -2.22. The second-order valence-electron chi connectivity index (χ2n) is 3.78. The molecule has 0 heterocycles. The molecule has 0 bridgehead atoms. The summed E-state index contributed by atoms with van der Waals surface area (Å²) in [6.45, 7) is 3.31. The van der Waals surface area contributed by atoms with Crippen LogP contribution in [0.5, 0.6) is 0 Å². The molecule has 0 saturated heterocycles. The zero-order chi connectivity index (χ0) is 14.3. The number of carboxylic acid groups (broad SMARTS) is 1. The van der Waals surface area contributed by atoms with E-state index in [1.807, 2.05) is 24.0 Å². The predicted molar refractivity (Wildman–Crippen MR) is 74.4 cm³/mol. The number of benzene rings is 1. The standard InChI is InChI=1S/C15H14N2O2/c1-3-9-17(4-2)14-7-5-12(6-8-14)10-13(11-16)15(18)19/h1,5-8,10H,4,9H2,2H3,(H,18,19). The molecule has 0 spiro atoms. The highest BCUT2D eigenvalue weighted by Crippen LogP contribution is 2.16. The van der Waals surface area contributed by atoms with E-state index < -0.39 is 5.97 Å². The zero-order valence-corrected chi connectivity index (χ0v) is 10.6. The number of carbonyl (C=O) groups is 1. The van der Waals surface area contributed by atoms with E-state index in [1.54, 1.807) is 18.2 Å². The van der Waals surface area contributed by atoms with Crippen LogP contribution in [-0.4, -0.2) is 24.2 Å². The number of nitrogens with zero attached hydrogens (tertiary/aromatic N) is 2. The van der Waals surface area contributed by atoms with Crippen LogP contribution in [0, 0.1) is 23.7 Å². The Morgan fingerprint density at radius 2 is 2.11 bits per heavy atom. The smallest absolute Gasteiger partial charge is 0.346 e. The van der Waals surface area contributed by atoms with Gasteiger partial charge in [-0.25, -0.2) is 4.79 Å². The van der Waals surface area contributed by atoms with E-state index in [1.165, 1.54) is 6.08 Å². The lowest BCUT2D eigenvalue weighted by atomic mass is 10.1. The third-order valence-electron chi connectivity index (χ3n) is 2.58. The van der Waals surface area contributed by atoms with E-state index in [9.17, 15) is 4.79 Å². The van der Waals surface area contributed by atoms with Crippen LogP contribution in [-0.2, 0) is 4.79 Å². The van der Waals surface area contributed by atoms with Crippen LogP contribution >= 0.6 is 0 Å². The molecule has 0 aliphatic heterocycles. The molecular formula is C15H14N2O2. The van der Waals surface area contributed by atoms with Crippen molar-refractivity contribution < 1.29 is 9.90 Å². The van der Waals surface area contributed by atoms with E-state index in [2.05, 4.69) is 5.92 Å². The molecule has 19 heavy (non-hydrogen) atoms. The zero-order valence-electron chi connectivity index (χ0n) is 10.6. The van der Waals surface area contributed by atoms with Gasteiger partial charge in [0.2, 0.25) is 0 Å².